The van der Waals surface area contributed by atoms with E-state index in [1.165, 1.54) is 0 Å². The number of hydrogen-bond donors (Lipinski definition) is 1. The number of carbonyl (C=O) groups excluding carboxylic acids is 1. The number of nitrogens with zero attached hydrogens (tertiary/aromatic N) is 2. The molecule has 20 heavy (non-hydrogen) atoms. The van der Waals surface area contributed by atoms with E-state index >= 15 is 0 Å². The fourth-order valence-electron chi connectivity index (χ4n) is 2.15. The quantitative estimate of drug-likeness (QED) is 0.854. The average Bonchev–Trinajstić information content (AvgIpc) is 2.69. The first-order valence-electron chi connectivity index (χ1n) is 6.59. The molecular weight excluding hydrogens is 318 g/mol. The third-order valence-corrected chi connectivity index (χ3v) is 4.23. The van der Waals surface area contributed by atoms with Crippen molar-refractivity contribution in [1.82, 2.24) is 9.78 Å². The summed E-state index contributed by atoms with van der Waals surface area (Å²) in [4.78, 5) is 12.2. The molecule has 2 aromatic rings. The molecule has 0 saturated heterocycles. The monoisotopic (exact) mass is 335 g/mol. The summed E-state index contributed by atoms with van der Waals surface area (Å²) < 4.78 is 2.81. The van der Waals surface area contributed by atoms with E-state index in [2.05, 4.69) is 21.0 Å². The second-order valence-corrected chi connectivity index (χ2v) is 5.59. The molecule has 106 valence electrons. The van der Waals surface area contributed by atoms with Gasteiger partial charge in [-0.15, -0.1) is 0 Å². The van der Waals surface area contributed by atoms with Crippen LogP contribution in [0.15, 0.2) is 28.7 Å². The van der Waals surface area contributed by atoms with Crippen LogP contribution >= 0.6 is 15.9 Å². The first-order valence-corrected chi connectivity index (χ1v) is 7.38. The number of carbonyl (C=O) groups is 1. The molecule has 0 atom stereocenters. The molecule has 1 heterocycles. The van der Waals surface area contributed by atoms with E-state index in [9.17, 15) is 4.79 Å². The number of nitrogen functional groups attached to an aromatic ring is 1. The Morgan fingerprint density at radius 2 is 1.95 bits per heavy atom. The molecule has 0 fully saturated rings. The topological polar surface area (TPSA) is 60.9 Å². The van der Waals surface area contributed by atoms with Gasteiger partial charge in [0.05, 0.1) is 15.9 Å². The van der Waals surface area contributed by atoms with E-state index in [4.69, 9.17) is 5.73 Å². The Morgan fingerprint density at radius 3 is 2.55 bits per heavy atom. The summed E-state index contributed by atoms with van der Waals surface area (Å²) in [7, 11) is 0. The Labute approximate surface area is 127 Å². The summed E-state index contributed by atoms with van der Waals surface area (Å²) in [6.45, 7) is 4.72. The molecule has 0 radical (unpaired) electrons. The highest BCUT2D eigenvalue weighted by Crippen LogP contribution is 2.22. The Balaban J connectivity index is 2.10. The zero-order valence-corrected chi connectivity index (χ0v) is 13.3. The Kier molecular flexibility index (Phi) is 4.60. The Morgan fingerprint density at radius 1 is 1.30 bits per heavy atom. The number of hydrogen-bond acceptors (Lipinski definition) is 3. The van der Waals surface area contributed by atoms with Gasteiger partial charge in [0, 0.05) is 25.1 Å². The number of Topliss-reactive ketones (excluding diaryl/α,β-unsaturated/α-hetero) is 1. The second-order valence-electron chi connectivity index (χ2n) is 4.80. The summed E-state index contributed by atoms with van der Waals surface area (Å²) >= 11 is 3.51. The van der Waals surface area contributed by atoms with Gasteiger partial charge in [-0.05, 0) is 47.5 Å². The van der Waals surface area contributed by atoms with Crippen LogP contribution in [-0.4, -0.2) is 15.6 Å². The summed E-state index contributed by atoms with van der Waals surface area (Å²) in [5.74, 6) is 0.171. The van der Waals surface area contributed by atoms with E-state index in [0.29, 0.717) is 18.5 Å². The molecule has 1 aromatic heterocycles. The average molecular weight is 336 g/mol. The number of halogens is 1. The van der Waals surface area contributed by atoms with Crippen LogP contribution in [0.25, 0.3) is 0 Å². The van der Waals surface area contributed by atoms with Crippen molar-refractivity contribution in [2.24, 2.45) is 0 Å². The van der Waals surface area contributed by atoms with Gasteiger partial charge in [-0.3, -0.25) is 9.48 Å². The van der Waals surface area contributed by atoms with Crippen LogP contribution in [0.3, 0.4) is 0 Å². The maximum Gasteiger partial charge on any atom is 0.143 e. The minimum Gasteiger partial charge on any atom is -0.399 e. The van der Waals surface area contributed by atoms with Crippen molar-refractivity contribution in [3.8, 4) is 0 Å². The number of anilines is 1. The lowest BCUT2D eigenvalue weighted by Gasteiger charge is -2.05. The molecule has 0 aliphatic carbocycles. The molecule has 2 N–H and O–H groups in total. The summed E-state index contributed by atoms with van der Waals surface area (Å²) in [6, 6.07) is 7.42. The van der Waals surface area contributed by atoms with E-state index < -0.39 is 0 Å². The van der Waals surface area contributed by atoms with E-state index in [1.807, 2.05) is 42.8 Å². The summed E-state index contributed by atoms with van der Waals surface area (Å²) in [5.41, 5.74) is 9.20. The minimum absolute atomic E-state index is 0.171. The standard InChI is InChI=1S/C15H18BrN3O/c1-3-19-14(15(16)10(2)18-19)9-13(20)8-11-4-6-12(17)7-5-11/h4-7H,3,8-9,17H2,1-2H3. The van der Waals surface area contributed by atoms with Crippen molar-refractivity contribution in [3.05, 3.63) is 45.7 Å². The van der Waals surface area contributed by atoms with Gasteiger partial charge in [-0.25, -0.2) is 0 Å². The fourth-order valence-corrected chi connectivity index (χ4v) is 2.57. The van der Waals surface area contributed by atoms with Gasteiger partial charge >= 0.3 is 0 Å². The first kappa shape index (κ1) is 14.8. The smallest absolute Gasteiger partial charge is 0.143 e. The zero-order valence-electron chi connectivity index (χ0n) is 11.7. The second kappa shape index (κ2) is 6.22. The molecule has 0 bridgehead atoms. The molecule has 0 amide bonds. The number of aryl methyl sites for hydroxylation is 2. The summed E-state index contributed by atoms with van der Waals surface area (Å²) in [6.07, 6.45) is 0.806. The number of aromatic nitrogens is 2. The van der Waals surface area contributed by atoms with Crippen LogP contribution in [0, 0.1) is 6.92 Å². The third-order valence-electron chi connectivity index (χ3n) is 3.20. The van der Waals surface area contributed by atoms with Crippen LogP contribution in [-0.2, 0) is 24.2 Å². The molecule has 5 heteroatoms. The van der Waals surface area contributed by atoms with Crippen molar-refractivity contribution in [3.63, 3.8) is 0 Å². The van der Waals surface area contributed by atoms with Crippen molar-refractivity contribution >= 4 is 27.4 Å². The highest BCUT2D eigenvalue weighted by molar-refractivity contribution is 9.10. The largest absolute Gasteiger partial charge is 0.399 e. The predicted octanol–water partition coefficient (Wildman–Crippen LogP) is 2.91. The van der Waals surface area contributed by atoms with Gasteiger partial charge in [-0.1, -0.05) is 12.1 Å². The van der Waals surface area contributed by atoms with Gasteiger partial charge in [0.2, 0.25) is 0 Å². The van der Waals surface area contributed by atoms with E-state index in [1.54, 1.807) is 0 Å². The molecular formula is C15H18BrN3O. The molecule has 1 aromatic carbocycles. The van der Waals surface area contributed by atoms with Gasteiger partial charge in [0.1, 0.15) is 5.78 Å². The lowest BCUT2D eigenvalue weighted by molar-refractivity contribution is -0.117. The minimum atomic E-state index is 0.171. The molecule has 0 saturated carbocycles. The Hall–Kier alpha value is -1.62. The molecule has 0 spiro atoms. The van der Waals surface area contributed by atoms with Gasteiger partial charge in [-0.2, -0.15) is 5.10 Å². The predicted molar refractivity (Wildman–Crippen MR) is 83.6 cm³/mol. The normalized spacial score (nSPS) is 10.8. The first-order chi connectivity index (χ1) is 9.51. The van der Waals surface area contributed by atoms with E-state index in [-0.39, 0.29) is 5.78 Å². The third kappa shape index (κ3) is 3.28. The van der Waals surface area contributed by atoms with Crippen LogP contribution < -0.4 is 5.73 Å². The van der Waals surface area contributed by atoms with Gasteiger partial charge in [0.25, 0.3) is 0 Å². The number of ketones is 1. The Bertz CT molecular complexity index is 617. The molecule has 4 nitrogen and oxygen atoms in total. The number of nitrogens with two attached hydrogens (primary N) is 1. The van der Waals surface area contributed by atoms with Crippen LogP contribution in [0.5, 0.6) is 0 Å². The molecule has 0 aliphatic heterocycles. The van der Waals surface area contributed by atoms with E-state index in [0.717, 1.165) is 28.0 Å². The van der Waals surface area contributed by atoms with Crippen molar-refractivity contribution < 1.29 is 4.79 Å². The van der Waals surface area contributed by atoms with Crippen LogP contribution in [0.1, 0.15) is 23.9 Å². The number of benzene rings is 1. The lowest BCUT2D eigenvalue weighted by atomic mass is 10.1. The maximum absolute atomic E-state index is 12.2. The molecule has 0 unspecified atom stereocenters. The highest BCUT2D eigenvalue weighted by atomic mass is 79.9. The van der Waals surface area contributed by atoms with Crippen LogP contribution in [0.4, 0.5) is 5.69 Å². The summed E-state index contributed by atoms with van der Waals surface area (Å²) in [5, 5.41) is 4.40. The SMILES string of the molecule is CCn1nc(C)c(Br)c1CC(=O)Cc1ccc(N)cc1. The van der Waals surface area contributed by atoms with Crippen molar-refractivity contribution in [2.45, 2.75) is 33.2 Å². The maximum atomic E-state index is 12.2. The van der Waals surface area contributed by atoms with Crippen molar-refractivity contribution in [1.29, 1.82) is 0 Å². The zero-order chi connectivity index (χ0) is 14.7. The molecule has 2 rings (SSSR count). The van der Waals surface area contributed by atoms with Gasteiger partial charge < -0.3 is 5.73 Å². The molecule has 0 aliphatic rings. The highest BCUT2D eigenvalue weighted by Gasteiger charge is 2.15. The van der Waals surface area contributed by atoms with Crippen LogP contribution in [0.2, 0.25) is 0 Å². The fraction of sp³-hybridized carbons (Fsp3) is 0.333. The van der Waals surface area contributed by atoms with Gasteiger partial charge in [0.15, 0.2) is 0 Å². The lowest BCUT2D eigenvalue weighted by Crippen LogP contribution is -2.12. The van der Waals surface area contributed by atoms with Crippen molar-refractivity contribution in [2.75, 3.05) is 5.73 Å². The number of rotatable bonds is 5.